The van der Waals surface area contributed by atoms with Crippen molar-refractivity contribution in [1.29, 1.82) is 0 Å². The number of likely N-dealkylation sites (N-methyl/N-ethyl adjacent to an activating group) is 1. The van der Waals surface area contributed by atoms with Crippen molar-refractivity contribution in [3.63, 3.8) is 0 Å². The number of nitrogens with zero attached hydrogens (tertiary/aromatic N) is 3. The number of aromatic amines is 1. The molecule has 6 aromatic rings. The number of H-pyrrole nitrogens is 1. The lowest BCUT2D eigenvalue weighted by Crippen LogP contribution is -2.13. The summed E-state index contributed by atoms with van der Waals surface area (Å²) >= 11 is 0. The summed E-state index contributed by atoms with van der Waals surface area (Å²) in [7, 11) is 3.86. The van der Waals surface area contributed by atoms with Crippen molar-refractivity contribution in [2.75, 3.05) is 36.6 Å². The fourth-order valence-corrected chi connectivity index (χ4v) is 4.87. The molecule has 44 heavy (non-hydrogen) atoms. The van der Waals surface area contributed by atoms with Gasteiger partial charge >= 0.3 is 0 Å². The molecule has 4 aromatic carbocycles. The zero-order chi connectivity index (χ0) is 30.5. The van der Waals surface area contributed by atoms with Crippen LogP contribution in [0.25, 0.3) is 33.1 Å². The fourth-order valence-electron chi connectivity index (χ4n) is 4.87. The van der Waals surface area contributed by atoms with Gasteiger partial charge in [0.15, 0.2) is 0 Å². The highest BCUT2D eigenvalue weighted by atomic mass is 16.2. The van der Waals surface area contributed by atoms with Gasteiger partial charge in [-0.1, -0.05) is 48.5 Å². The van der Waals surface area contributed by atoms with E-state index in [4.69, 9.17) is 9.97 Å². The molecule has 6 rings (SSSR count). The van der Waals surface area contributed by atoms with Crippen molar-refractivity contribution in [3.8, 4) is 11.3 Å². The second kappa shape index (κ2) is 12.6. The van der Waals surface area contributed by atoms with Gasteiger partial charge < -0.3 is 25.8 Å². The molecule has 9 nitrogen and oxygen atoms in total. The summed E-state index contributed by atoms with van der Waals surface area (Å²) in [5, 5.41) is 11.1. The van der Waals surface area contributed by atoms with Gasteiger partial charge in [-0.15, -0.1) is 0 Å². The lowest BCUT2D eigenvalue weighted by Gasteiger charge is -2.12. The average Bonchev–Trinajstić information content (AvgIpc) is 3.45. The highest BCUT2D eigenvalue weighted by Crippen LogP contribution is 2.33. The number of fused-ring (bicyclic) bond motifs is 2. The quantitative estimate of drug-likeness (QED) is 0.139. The molecule has 218 valence electrons. The number of benzene rings is 4. The lowest BCUT2D eigenvalue weighted by molar-refractivity contribution is -0.111. The summed E-state index contributed by atoms with van der Waals surface area (Å²) < 4.78 is 0. The van der Waals surface area contributed by atoms with Gasteiger partial charge in [0.05, 0.1) is 11.2 Å². The Balaban J connectivity index is 1.17. The van der Waals surface area contributed by atoms with E-state index in [1.807, 2.05) is 91.9 Å². The Kier molecular flexibility index (Phi) is 8.11. The summed E-state index contributed by atoms with van der Waals surface area (Å²) in [6.45, 7) is 0.671. The first-order chi connectivity index (χ1) is 21.4. The maximum Gasteiger partial charge on any atom is 0.255 e. The second-order valence-electron chi connectivity index (χ2n) is 10.6. The summed E-state index contributed by atoms with van der Waals surface area (Å²) in [5.74, 6) is -0.0477. The van der Waals surface area contributed by atoms with Gasteiger partial charge in [-0.05, 0) is 68.7 Å². The molecular weight excluding hydrogens is 550 g/mol. The van der Waals surface area contributed by atoms with E-state index in [0.717, 1.165) is 38.8 Å². The first kappa shape index (κ1) is 28.3. The Morgan fingerprint density at radius 2 is 1.55 bits per heavy atom. The first-order valence-electron chi connectivity index (χ1n) is 14.2. The minimum Gasteiger partial charge on any atom is -0.360 e. The molecular formula is C35H31N7O2. The minimum atomic E-state index is -0.269. The molecule has 2 amide bonds. The molecule has 0 unspecified atom stereocenters. The molecule has 0 fully saturated rings. The lowest BCUT2D eigenvalue weighted by atomic mass is 10.1. The van der Waals surface area contributed by atoms with Gasteiger partial charge in [0, 0.05) is 63.3 Å². The summed E-state index contributed by atoms with van der Waals surface area (Å²) in [5.41, 5.74) is 6.08. The van der Waals surface area contributed by atoms with Crippen molar-refractivity contribution in [3.05, 3.63) is 121 Å². The van der Waals surface area contributed by atoms with Crippen LogP contribution in [0.4, 0.5) is 23.0 Å². The number of para-hydroxylation sites is 2. The van der Waals surface area contributed by atoms with E-state index >= 15 is 0 Å². The van der Waals surface area contributed by atoms with Crippen LogP contribution in [-0.2, 0) is 4.79 Å². The molecule has 0 radical (unpaired) electrons. The third-order valence-electron chi connectivity index (χ3n) is 6.98. The predicted molar refractivity (Wildman–Crippen MR) is 177 cm³/mol. The van der Waals surface area contributed by atoms with Gasteiger partial charge in [-0.2, -0.15) is 0 Å². The van der Waals surface area contributed by atoms with E-state index in [9.17, 15) is 9.59 Å². The number of nitrogens with one attached hydrogen (secondary N) is 4. The maximum absolute atomic E-state index is 13.0. The first-order valence-corrected chi connectivity index (χ1v) is 14.2. The van der Waals surface area contributed by atoms with Crippen molar-refractivity contribution < 1.29 is 9.59 Å². The van der Waals surface area contributed by atoms with E-state index < -0.39 is 0 Å². The van der Waals surface area contributed by atoms with Gasteiger partial charge in [-0.3, -0.25) is 9.59 Å². The van der Waals surface area contributed by atoms with Gasteiger partial charge in [-0.25, -0.2) is 9.97 Å². The molecule has 9 heteroatoms. The molecule has 0 bridgehead atoms. The SMILES string of the molecule is CN(C)C/C=C/C(=O)Nc1ccc(C(=O)Nc2cccc(Nc3nc(-c4c[nH]c5ccccc45)c4ccccc4n3)c2)cc1. The molecule has 0 aliphatic heterocycles. The number of carbonyl (C=O) groups excluding carboxylic acids is 2. The number of hydrogen-bond acceptors (Lipinski definition) is 6. The highest BCUT2D eigenvalue weighted by Gasteiger charge is 2.14. The average molecular weight is 582 g/mol. The highest BCUT2D eigenvalue weighted by molar-refractivity contribution is 6.06. The zero-order valence-electron chi connectivity index (χ0n) is 24.3. The van der Waals surface area contributed by atoms with Crippen LogP contribution in [0.15, 0.2) is 115 Å². The monoisotopic (exact) mass is 581 g/mol. The van der Waals surface area contributed by atoms with E-state index in [2.05, 4.69) is 27.0 Å². The Labute approximate surface area is 254 Å². The number of amides is 2. The Morgan fingerprint density at radius 1 is 0.795 bits per heavy atom. The number of rotatable bonds is 9. The standard InChI is InChI=1S/C35H31N7O2/c1-42(2)20-8-15-32(43)37-24-18-16-23(17-19-24)34(44)38-25-9-7-10-26(21-25)39-35-40-31-14-6-4-12-28(31)33(41-35)29-22-36-30-13-5-3-11-27(29)30/h3-19,21-22,36H,20H2,1-2H3,(H,37,43)(H,38,44)(H,39,40,41)/b15-8+. The number of aromatic nitrogens is 3. The van der Waals surface area contributed by atoms with Crippen molar-refractivity contribution in [1.82, 2.24) is 19.9 Å². The Morgan fingerprint density at radius 3 is 2.36 bits per heavy atom. The number of hydrogen-bond donors (Lipinski definition) is 4. The van der Waals surface area contributed by atoms with Crippen molar-refractivity contribution >= 4 is 56.6 Å². The van der Waals surface area contributed by atoms with Gasteiger partial charge in [0.1, 0.15) is 0 Å². The van der Waals surface area contributed by atoms with E-state index in [-0.39, 0.29) is 11.8 Å². The molecule has 2 aromatic heterocycles. The van der Waals surface area contributed by atoms with Crippen LogP contribution < -0.4 is 16.0 Å². The Hall–Kier alpha value is -5.80. The van der Waals surface area contributed by atoms with E-state index in [0.29, 0.717) is 29.4 Å². The minimum absolute atomic E-state index is 0.225. The zero-order valence-corrected chi connectivity index (χ0v) is 24.3. The molecule has 2 heterocycles. The summed E-state index contributed by atoms with van der Waals surface area (Å²) in [4.78, 5) is 40.1. The predicted octanol–water partition coefficient (Wildman–Crippen LogP) is 6.83. The molecule has 0 aliphatic rings. The normalized spacial score (nSPS) is 11.3. The third kappa shape index (κ3) is 6.48. The Bertz CT molecular complexity index is 1990. The van der Waals surface area contributed by atoms with Crippen LogP contribution in [0.5, 0.6) is 0 Å². The third-order valence-corrected chi connectivity index (χ3v) is 6.98. The second-order valence-corrected chi connectivity index (χ2v) is 10.6. The largest absolute Gasteiger partial charge is 0.360 e. The molecule has 0 saturated heterocycles. The number of anilines is 4. The molecule has 4 N–H and O–H groups in total. The summed E-state index contributed by atoms with van der Waals surface area (Å²) in [6, 6.07) is 30.2. The van der Waals surface area contributed by atoms with Crippen LogP contribution in [0.1, 0.15) is 10.4 Å². The maximum atomic E-state index is 13.0. The summed E-state index contributed by atoms with van der Waals surface area (Å²) in [6.07, 6.45) is 5.26. The van der Waals surface area contributed by atoms with Crippen LogP contribution >= 0.6 is 0 Å². The smallest absolute Gasteiger partial charge is 0.255 e. The molecule has 0 saturated carbocycles. The topological polar surface area (TPSA) is 115 Å². The van der Waals surface area contributed by atoms with Crippen LogP contribution in [0.2, 0.25) is 0 Å². The molecule has 0 atom stereocenters. The van der Waals surface area contributed by atoms with Crippen LogP contribution in [0.3, 0.4) is 0 Å². The van der Waals surface area contributed by atoms with Crippen molar-refractivity contribution in [2.24, 2.45) is 0 Å². The van der Waals surface area contributed by atoms with Crippen molar-refractivity contribution in [2.45, 2.75) is 0 Å². The fraction of sp³-hybridized carbons (Fsp3) is 0.0857. The van der Waals surface area contributed by atoms with Gasteiger partial charge in [0.2, 0.25) is 11.9 Å². The van der Waals surface area contributed by atoms with E-state index in [1.165, 1.54) is 6.08 Å². The molecule has 0 aliphatic carbocycles. The van der Waals surface area contributed by atoms with Crippen LogP contribution in [0, 0.1) is 0 Å². The van der Waals surface area contributed by atoms with Gasteiger partial charge in [0.25, 0.3) is 5.91 Å². The molecule has 0 spiro atoms. The van der Waals surface area contributed by atoms with Crippen LogP contribution in [-0.4, -0.2) is 52.3 Å². The van der Waals surface area contributed by atoms with E-state index in [1.54, 1.807) is 30.3 Å². The number of carbonyl (C=O) groups is 2.